The van der Waals surface area contributed by atoms with Gasteiger partial charge in [0.2, 0.25) is 0 Å². The summed E-state index contributed by atoms with van der Waals surface area (Å²) in [6, 6.07) is 2.84. The van der Waals surface area contributed by atoms with Crippen LogP contribution in [0.15, 0.2) is 30.4 Å². The summed E-state index contributed by atoms with van der Waals surface area (Å²) in [5, 5.41) is 30.0. The van der Waals surface area contributed by atoms with Gasteiger partial charge in [-0.05, 0) is 31.1 Å². The number of ether oxygens (including phenoxy) is 2. The van der Waals surface area contributed by atoms with Crippen LogP contribution in [0, 0.1) is 0 Å². The van der Waals surface area contributed by atoms with Gasteiger partial charge in [0.1, 0.15) is 29.3 Å². The van der Waals surface area contributed by atoms with E-state index >= 15 is 0 Å². The molecule has 7 heteroatoms. The highest BCUT2D eigenvalue weighted by Crippen LogP contribution is 2.30. The minimum absolute atomic E-state index is 0.0242. The average molecular weight is 362 g/mol. The molecular weight excluding hydrogens is 340 g/mol. The number of aliphatic hydroxyl groups excluding tert-OH is 2. The number of fused-ring (bicyclic) bond motifs is 1. The molecule has 26 heavy (non-hydrogen) atoms. The monoisotopic (exact) mass is 362 g/mol. The van der Waals surface area contributed by atoms with Gasteiger partial charge in [-0.2, -0.15) is 0 Å². The van der Waals surface area contributed by atoms with E-state index in [1.807, 2.05) is 0 Å². The van der Waals surface area contributed by atoms with Crippen LogP contribution < -0.4 is 4.74 Å². The molecule has 140 valence electrons. The number of ketones is 1. The van der Waals surface area contributed by atoms with Crippen LogP contribution in [0.5, 0.6) is 11.5 Å². The van der Waals surface area contributed by atoms with Gasteiger partial charge in [-0.15, -0.1) is 0 Å². The van der Waals surface area contributed by atoms with Crippen molar-refractivity contribution in [2.75, 3.05) is 7.11 Å². The molecule has 1 heterocycles. The lowest BCUT2D eigenvalue weighted by Gasteiger charge is -2.16. The number of cyclic esters (lactones) is 1. The summed E-state index contributed by atoms with van der Waals surface area (Å²) in [5.74, 6) is -1.29. The van der Waals surface area contributed by atoms with Crippen LogP contribution in [0.2, 0.25) is 0 Å². The van der Waals surface area contributed by atoms with Crippen molar-refractivity contribution in [1.82, 2.24) is 0 Å². The first-order valence-electron chi connectivity index (χ1n) is 8.18. The fourth-order valence-electron chi connectivity index (χ4n) is 2.51. The molecule has 0 radical (unpaired) electrons. The third-order valence-electron chi connectivity index (χ3n) is 3.95. The van der Waals surface area contributed by atoms with Crippen molar-refractivity contribution in [2.45, 2.75) is 38.1 Å². The maximum Gasteiger partial charge on any atom is 0.342 e. The number of rotatable bonds is 1. The fraction of sp³-hybridized carbons (Fsp3) is 0.368. The molecule has 3 atom stereocenters. The normalized spacial score (nSPS) is 25.8. The topological polar surface area (TPSA) is 113 Å². The van der Waals surface area contributed by atoms with E-state index < -0.39 is 30.1 Å². The number of esters is 1. The van der Waals surface area contributed by atoms with E-state index in [9.17, 15) is 24.9 Å². The van der Waals surface area contributed by atoms with Crippen molar-refractivity contribution in [2.24, 2.45) is 0 Å². The van der Waals surface area contributed by atoms with Gasteiger partial charge in [0.15, 0.2) is 5.78 Å². The lowest BCUT2D eigenvalue weighted by Crippen LogP contribution is -2.32. The highest BCUT2D eigenvalue weighted by Gasteiger charge is 2.23. The zero-order valence-electron chi connectivity index (χ0n) is 14.6. The third-order valence-corrected chi connectivity index (χ3v) is 3.95. The van der Waals surface area contributed by atoms with Crippen molar-refractivity contribution in [1.29, 1.82) is 0 Å². The lowest BCUT2D eigenvalue weighted by molar-refractivity contribution is -0.127. The summed E-state index contributed by atoms with van der Waals surface area (Å²) in [4.78, 5) is 24.3. The van der Waals surface area contributed by atoms with Crippen LogP contribution >= 0.6 is 0 Å². The smallest absolute Gasteiger partial charge is 0.342 e. The van der Waals surface area contributed by atoms with Crippen molar-refractivity contribution >= 4 is 17.8 Å². The zero-order chi connectivity index (χ0) is 19.3. The second-order valence-electron chi connectivity index (χ2n) is 6.02. The molecule has 0 saturated heterocycles. The van der Waals surface area contributed by atoms with Crippen LogP contribution in [0.1, 0.15) is 35.7 Å². The van der Waals surface area contributed by atoms with Gasteiger partial charge in [-0.1, -0.05) is 18.2 Å². The standard InChI is InChI=1S/C19H22O7/c1-11-5-3-7-14(20)18(23)15(21)8-4-6-12-9-13(25-2)10-16(22)17(12)19(24)26-11/h3-4,6-7,9-11,15,18,21-23H,5,8H2,1-2H3/b6-4-,7-3?/t11-,15-,18+/m0/s1. The molecule has 0 amide bonds. The van der Waals surface area contributed by atoms with Gasteiger partial charge in [0, 0.05) is 12.5 Å². The van der Waals surface area contributed by atoms with Crippen LogP contribution in [-0.2, 0) is 9.53 Å². The van der Waals surface area contributed by atoms with Crippen LogP contribution in [-0.4, -0.2) is 52.5 Å². The van der Waals surface area contributed by atoms with Crippen LogP contribution in [0.25, 0.3) is 6.08 Å². The Morgan fingerprint density at radius 1 is 1.12 bits per heavy atom. The highest BCUT2D eigenvalue weighted by atomic mass is 16.5. The number of carbonyl (C=O) groups excluding carboxylic acids is 2. The number of hydrogen-bond acceptors (Lipinski definition) is 7. The predicted octanol–water partition coefficient (Wildman–Crippen LogP) is 1.60. The number of phenols is 1. The second-order valence-corrected chi connectivity index (χ2v) is 6.02. The second kappa shape index (κ2) is 8.64. The Kier molecular flexibility index (Phi) is 6.54. The minimum Gasteiger partial charge on any atom is -0.507 e. The lowest BCUT2D eigenvalue weighted by atomic mass is 10.0. The number of carbonyl (C=O) groups is 2. The number of hydrogen-bond donors (Lipinski definition) is 3. The number of methoxy groups -OCH3 is 1. The first-order chi connectivity index (χ1) is 12.3. The Labute approximate surface area is 151 Å². The fourth-order valence-corrected chi connectivity index (χ4v) is 2.51. The number of phenolic OH excluding ortho intramolecular Hbond substituents is 1. The van der Waals surface area contributed by atoms with E-state index in [4.69, 9.17) is 9.47 Å². The third kappa shape index (κ3) is 4.71. The van der Waals surface area contributed by atoms with Crippen molar-refractivity contribution in [3.63, 3.8) is 0 Å². The SMILES string of the molecule is COc1cc(O)c2c(c1)/C=C\C[C@H](O)[C@H](O)C(=O)C=CC[C@H](C)OC2=O. The zero-order valence-corrected chi connectivity index (χ0v) is 14.6. The van der Waals surface area contributed by atoms with Gasteiger partial charge >= 0.3 is 5.97 Å². The van der Waals surface area contributed by atoms with Gasteiger partial charge in [-0.25, -0.2) is 4.79 Å². The van der Waals surface area contributed by atoms with E-state index in [-0.39, 0.29) is 24.2 Å². The van der Waals surface area contributed by atoms with E-state index in [1.54, 1.807) is 6.92 Å². The number of aliphatic hydroxyl groups is 2. The van der Waals surface area contributed by atoms with Gasteiger partial charge < -0.3 is 24.8 Å². The quantitative estimate of drug-likeness (QED) is 0.650. The van der Waals surface area contributed by atoms with E-state index in [1.165, 1.54) is 37.5 Å². The van der Waals surface area contributed by atoms with Gasteiger partial charge in [-0.3, -0.25) is 4.79 Å². The van der Waals surface area contributed by atoms with Gasteiger partial charge in [0.05, 0.1) is 13.2 Å². The van der Waals surface area contributed by atoms with E-state index in [0.717, 1.165) is 6.08 Å². The van der Waals surface area contributed by atoms with Crippen LogP contribution in [0.3, 0.4) is 0 Å². The van der Waals surface area contributed by atoms with Crippen LogP contribution in [0.4, 0.5) is 0 Å². The summed E-state index contributed by atoms with van der Waals surface area (Å²) >= 11 is 0. The predicted molar refractivity (Wildman–Crippen MR) is 94.0 cm³/mol. The molecule has 0 aromatic heterocycles. The Hall–Kier alpha value is -2.64. The molecule has 0 spiro atoms. The Balaban J connectivity index is 2.45. The minimum atomic E-state index is -1.55. The summed E-state index contributed by atoms with van der Waals surface area (Å²) in [6.07, 6.45) is 2.42. The molecule has 0 saturated carbocycles. The first kappa shape index (κ1) is 19.7. The van der Waals surface area contributed by atoms with Crippen molar-refractivity contribution in [3.05, 3.63) is 41.5 Å². The molecule has 7 nitrogen and oxygen atoms in total. The molecule has 0 bridgehead atoms. The van der Waals surface area contributed by atoms with Crippen molar-refractivity contribution in [3.8, 4) is 11.5 Å². The molecule has 1 aromatic rings. The highest BCUT2D eigenvalue weighted by molar-refractivity contribution is 5.97. The summed E-state index contributed by atoms with van der Waals surface area (Å²) < 4.78 is 10.4. The number of benzene rings is 1. The first-order valence-corrected chi connectivity index (χ1v) is 8.18. The van der Waals surface area contributed by atoms with E-state index in [2.05, 4.69) is 0 Å². The van der Waals surface area contributed by atoms with Gasteiger partial charge in [0.25, 0.3) is 0 Å². The maximum absolute atomic E-state index is 12.4. The maximum atomic E-state index is 12.4. The summed E-state index contributed by atoms with van der Waals surface area (Å²) in [5.41, 5.74) is 0.306. The molecule has 1 aliphatic heterocycles. The molecule has 2 rings (SSSR count). The largest absolute Gasteiger partial charge is 0.507 e. The summed E-state index contributed by atoms with van der Waals surface area (Å²) in [7, 11) is 1.42. The average Bonchev–Trinajstić information content (AvgIpc) is 2.59. The molecule has 3 N–H and O–H groups in total. The van der Waals surface area contributed by atoms with E-state index in [0.29, 0.717) is 11.3 Å². The molecular formula is C19H22O7. The number of aromatic hydroxyl groups is 1. The molecule has 0 aliphatic carbocycles. The summed E-state index contributed by atoms with van der Waals surface area (Å²) in [6.45, 7) is 1.64. The molecule has 0 unspecified atom stereocenters. The molecule has 1 aromatic carbocycles. The van der Waals surface area contributed by atoms with Crippen molar-refractivity contribution < 1.29 is 34.4 Å². The Morgan fingerprint density at radius 3 is 2.50 bits per heavy atom. The molecule has 0 fully saturated rings. The Bertz CT molecular complexity index is 736. The Morgan fingerprint density at radius 2 is 1.81 bits per heavy atom. The molecule has 1 aliphatic rings.